The molecule has 2 rings (SSSR count). The van der Waals surface area contributed by atoms with Crippen molar-refractivity contribution in [3.05, 3.63) is 21.9 Å². The zero-order valence-corrected chi connectivity index (χ0v) is 9.16. The lowest BCUT2D eigenvalue weighted by Crippen LogP contribution is -2.30. The Morgan fingerprint density at radius 3 is 3.23 bits per heavy atom. The third-order valence-corrected chi connectivity index (χ3v) is 4.15. The van der Waals surface area contributed by atoms with Crippen molar-refractivity contribution in [1.82, 2.24) is 5.32 Å². The van der Waals surface area contributed by atoms with Gasteiger partial charge in [0.25, 0.3) is 0 Å². The van der Waals surface area contributed by atoms with Gasteiger partial charge in [-0.2, -0.15) is 0 Å². The number of rotatable bonds is 2. The lowest BCUT2D eigenvalue weighted by Gasteiger charge is -2.27. The van der Waals surface area contributed by atoms with Gasteiger partial charge in [0.1, 0.15) is 0 Å². The molecule has 0 amide bonds. The molecule has 0 saturated heterocycles. The second-order valence-corrected chi connectivity index (χ2v) is 4.88. The Balaban J connectivity index is 2.24. The molecule has 0 spiro atoms. The number of thiophene rings is 1. The fourth-order valence-corrected chi connectivity index (χ4v) is 3.24. The van der Waals surface area contributed by atoms with E-state index in [1.165, 1.54) is 19.3 Å². The van der Waals surface area contributed by atoms with E-state index in [-0.39, 0.29) is 0 Å². The first kappa shape index (κ1) is 9.22. The molecule has 0 aliphatic heterocycles. The van der Waals surface area contributed by atoms with Gasteiger partial charge in [-0.05, 0) is 50.2 Å². The molecule has 0 aromatic carbocycles. The van der Waals surface area contributed by atoms with Crippen LogP contribution in [-0.2, 0) is 6.42 Å². The second-order valence-electron chi connectivity index (χ2n) is 3.88. The first-order valence-electron chi connectivity index (χ1n) is 5.06. The molecule has 0 saturated carbocycles. The van der Waals surface area contributed by atoms with Gasteiger partial charge in [0.05, 0.1) is 0 Å². The normalized spacial score (nSPS) is 24.0. The molecule has 1 nitrogen and oxygen atoms in total. The summed E-state index contributed by atoms with van der Waals surface area (Å²) in [4.78, 5) is 1.62. The average Bonchev–Trinajstić information content (AvgIpc) is 2.63. The predicted octanol–water partition coefficient (Wildman–Crippen LogP) is 2.78. The van der Waals surface area contributed by atoms with Gasteiger partial charge < -0.3 is 5.32 Å². The Morgan fingerprint density at radius 2 is 2.46 bits per heavy atom. The number of aryl methyl sites for hydroxylation is 1. The maximum atomic E-state index is 3.37. The molecule has 2 heteroatoms. The standard InChI is InChI=1S/C11H17NS/c1-8(12-2)9-4-3-5-11-10(9)6-7-13-11/h6-9,12H,3-5H2,1-2H3/t8-,9+/m1/s1. The first-order valence-corrected chi connectivity index (χ1v) is 5.94. The molecule has 13 heavy (non-hydrogen) atoms. The third-order valence-electron chi connectivity index (χ3n) is 3.16. The highest BCUT2D eigenvalue weighted by molar-refractivity contribution is 7.10. The van der Waals surface area contributed by atoms with Crippen molar-refractivity contribution in [2.24, 2.45) is 0 Å². The molecule has 1 aliphatic rings. The highest BCUT2D eigenvalue weighted by atomic mass is 32.1. The minimum Gasteiger partial charge on any atom is -0.317 e. The Hall–Kier alpha value is -0.340. The highest BCUT2D eigenvalue weighted by Gasteiger charge is 2.24. The van der Waals surface area contributed by atoms with E-state index in [1.807, 2.05) is 11.3 Å². The quantitative estimate of drug-likeness (QED) is 0.765. The minimum absolute atomic E-state index is 0.619. The largest absolute Gasteiger partial charge is 0.317 e. The summed E-state index contributed by atoms with van der Waals surface area (Å²) >= 11 is 1.93. The number of hydrogen-bond acceptors (Lipinski definition) is 2. The summed E-state index contributed by atoms with van der Waals surface area (Å²) in [6.45, 7) is 2.29. The molecule has 72 valence electrons. The van der Waals surface area contributed by atoms with E-state index in [1.54, 1.807) is 10.4 Å². The van der Waals surface area contributed by atoms with Gasteiger partial charge in [0, 0.05) is 16.8 Å². The SMILES string of the molecule is CN[C@H](C)[C@@H]1CCCc2sccc21. The Morgan fingerprint density at radius 1 is 1.62 bits per heavy atom. The molecule has 0 unspecified atom stereocenters. The van der Waals surface area contributed by atoms with Crippen LogP contribution in [0.25, 0.3) is 0 Å². The van der Waals surface area contributed by atoms with Crippen molar-refractivity contribution in [1.29, 1.82) is 0 Å². The van der Waals surface area contributed by atoms with Crippen molar-refractivity contribution >= 4 is 11.3 Å². The van der Waals surface area contributed by atoms with Crippen LogP contribution >= 0.6 is 11.3 Å². The molecule has 1 aromatic heterocycles. The molecule has 1 aliphatic carbocycles. The van der Waals surface area contributed by atoms with Crippen LogP contribution in [0.4, 0.5) is 0 Å². The van der Waals surface area contributed by atoms with Gasteiger partial charge in [-0.15, -0.1) is 11.3 Å². The van der Waals surface area contributed by atoms with Crippen LogP contribution in [0.1, 0.15) is 36.1 Å². The van der Waals surface area contributed by atoms with Crippen LogP contribution in [0.15, 0.2) is 11.4 Å². The zero-order valence-electron chi connectivity index (χ0n) is 8.34. The van der Waals surface area contributed by atoms with Gasteiger partial charge in [-0.1, -0.05) is 0 Å². The van der Waals surface area contributed by atoms with Crippen LogP contribution < -0.4 is 5.32 Å². The monoisotopic (exact) mass is 195 g/mol. The second kappa shape index (κ2) is 3.81. The smallest absolute Gasteiger partial charge is 0.0105 e. The molecular formula is C11H17NS. The van der Waals surface area contributed by atoms with Crippen molar-refractivity contribution in [3.63, 3.8) is 0 Å². The summed E-state index contributed by atoms with van der Waals surface area (Å²) in [5, 5.41) is 5.61. The Labute approximate surface area is 84.2 Å². The zero-order chi connectivity index (χ0) is 9.26. The fraction of sp³-hybridized carbons (Fsp3) is 0.636. The van der Waals surface area contributed by atoms with E-state index in [4.69, 9.17) is 0 Å². The maximum absolute atomic E-state index is 3.37. The van der Waals surface area contributed by atoms with Crippen LogP contribution in [0, 0.1) is 0 Å². The van der Waals surface area contributed by atoms with Crippen molar-refractivity contribution in [3.8, 4) is 0 Å². The van der Waals surface area contributed by atoms with Crippen LogP contribution in [0.2, 0.25) is 0 Å². The fourth-order valence-electron chi connectivity index (χ4n) is 2.24. The molecule has 0 fully saturated rings. The van der Waals surface area contributed by atoms with E-state index < -0.39 is 0 Å². The predicted molar refractivity (Wildman–Crippen MR) is 58.5 cm³/mol. The Bertz CT molecular complexity index is 279. The van der Waals surface area contributed by atoms with Crippen molar-refractivity contribution in [2.75, 3.05) is 7.05 Å². The number of nitrogens with one attached hydrogen (secondary N) is 1. The van der Waals surface area contributed by atoms with Gasteiger partial charge in [0.2, 0.25) is 0 Å². The summed E-state index contributed by atoms with van der Waals surface area (Å²) in [5.41, 5.74) is 1.61. The summed E-state index contributed by atoms with van der Waals surface area (Å²) in [6.07, 6.45) is 4.02. The van der Waals surface area contributed by atoms with Gasteiger partial charge in [-0.3, -0.25) is 0 Å². The van der Waals surface area contributed by atoms with E-state index in [0.29, 0.717) is 6.04 Å². The number of fused-ring (bicyclic) bond motifs is 1. The molecule has 1 N–H and O–H groups in total. The molecule has 1 heterocycles. The van der Waals surface area contributed by atoms with Crippen LogP contribution in [-0.4, -0.2) is 13.1 Å². The van der Waals surface area contributed by atoms with E-state index in [9.17, 15) is 0 Å². The lowest BCUT2D eigenvalue weighted by atomic mass is 9.83. The molecule has 2 atom stereocenters. The summed E-state index contributed by atoms with van der Waals surface area (Å²) in [5.74, 6) is 0.750. The molecule has 0 bridgehead atoms. The van der Waals surface area contributed by atoms with Gasteiger partial charge >= 0.3 is 0 Å². The molecular weight excluding hydrogens is 178 g/mol. The number of hydrogen-bond donors (Lipinski definition) is 1. The van der Waals surface area contributed by atoms with E-state index in [2.05, 4.69) is 30.7 Å². The van der Waals surface area contributed by atoms with E-state index >= 15 is 0 Å². The number of likely N-dealkylation sites (N-methyl/N-ethyl adjacent to an activating group) is 1. The van der Waals surface area contributed by atoms with E-state index in [0.717, 1.165) is 5.92 Å². The molecule has 0 radical (unpaired) electrons. The summed E-state index contributed by atoms with van der Waals surface area (Å²) in [7, 11) is 2.06. The molecule has 1 aromatic rings. The minimum atomic E-state index is 0.619. The maximum Gasteiger partial charge on any atom is 0.0105 e. The third kappa shape index (κ3) is 1.65. The average molecular weight is 195 g/mol. The van der Waals surface area contributed by atoms with Crippen molar-refractivity contribution in [2.45, 2.75) is 38.1 Å². The summed E-state index contributed by atoms with van der Waals surface area (Å²) in [6, 6.07) is 2.94. The van der Waals surface area contributed by atoms with Crippen molar-refractivity contribution < 1.29 is 0 Å². The highest BCUT2D eigenvalue weighted by Crippen LogP contribution is 2.36. The summed E-state index contributed by atoms with van der Waals surface area (Å²) < 4.78 is 0. The topological polar surface area (TPSA) is 12.0 Å². The van der Waals surface area contributed by atoms with Gasteiger partial charge in [-0.25, -0.2) is 0 Å². The first-order chi connectivity index (χ1) is 6.33. The van der Waals surface area contributed by atoms with Crippen LogP contribution in [0.5, 0.6) is 0 Å². The lowest BCUT2D eigenvalue weighted by molar-refractivity contribution is 0.441. The Kier molecular flexibility index (Phi) is 2.70. The van der Waals surface area contributed by atoms with Crippen LogP contribution in [0.3, 0.4) is 0 Å². The van der Waals surface area contributed by atoms with Gasteiger partial charge in [0.15, 0.2) is 0 Å².